The maximum absolute atomic E-state index is 13.8. The summed E-state index contributed by atoms with van der Waals surface area (Å²) in [6.07, 6.45) is 7.69. The Morgan fingerprint density at radius 1 is 0.882 bits per heavy atom. The maximum Gasteiger partial charge on any atom is 0.275 e. The fourth-order valence-corrected chi connectivity index (χ4v) is 7.98. The number of aliphatic hydroxyl groups is 1. The molecule has 1 aliphatic carbocycles. The molecule has 268 valence electrons. The van der Waals surface area contributed by atoms with Gasteiger partial charge in [0, 0.05) is 35.8 Å². The monoisotopic (exact) mass is 691 g/mol. The molecule has 0 radical (unpaired) electrons. The summed E-state index contributed by atoms with van der Waals surface area (Å²) in [7, 11) is 0. The molecule has 2 saturated heterocycles. The molecule has 3 heterocycles. The highest BCUT2D eigenvalue weighted by atomic mass is 16.7. The van der Waals surface area contributed by atoms with Crippen LogP contribution in [0.1, 0.15) is 105 Å². The van der Waals surface area contributed by atoms with Gasteiger partial charge in [0.1, 0.15) is 5.69 Å². The molecule has 4 aromatic rings. The fraction of sp³-hybridized carbons (Fsp3) is 0.463. The number of piperidine rings is 1. The number of likely N-dealkylation sites (tertiary alicyclic amines) is 1. The Labute approximate surface area is 300 Å². The Balaban J connectivity index is 1.12. The number of carbonyl (C=O) groups is 2. The van der Waals surface area contributed by atoms with Gasteiger partial charge in [0.2, 0.25) is 5.91 Å². The molecule has 3 aliphatic rings. The van der Waals surface area contributed by atoms with Crippen LogP contribution in [0.2, 0.25) is 0 Å². The lowest BCUT2D eigenvalue weighted by atomic mass is 9.75. The van der Waals surface area contributed by atoms with Gasteiger partial charge in [-0.05, 0) is 87.8 Å². The number of ether oxygens (including phenoxy) is 2. The summed E-state index contributed by atoms with van der Waals surface area (Å²) in [4.78, 5) is 38.1. The van der Waals surface area contributed by atoms with E-state index in [1.54, 1.807) is 0 Å². The van der Waals surface area contributed by atoms with Crippen molar-refractivity contribution in [3.63, 3.8) is 0 Å². The van der Waals surface area contributed by atoms with Crippen molar-refractivity contribution < 1.29 is 24.2 Å². The van der Waals surface area contributed by atoms with E-state index in [-0.39, 0.29) is 47.9 Å². The largest absolute Gasteiger partial charge is 0.392 e. The normalized spacial score (nSPS) is 25.6. The summed E-state index contributed by atoms with van der Waals surface area (Å²) in [5, 5.41) is 15.8. The second kappa shape index (κ2) is 15.2. The van der Waals surface area contributed by atoms with Crippen molar-refractivity contribution in [2.75, 3.05) is 11.9 Å². The van der Waals surface area contributed by atoms with E-state index in [0.29, 0.717) is 36.1 Å². The third-order valence-corrected chi connectivity index (χ3v) is 10.5. The summed E-state index contributed by atoms with van der Waals surface area (Å²) >= 11 is 0. The zero-order chi connectivity index (χ0) is 35.5. The molecule has 0 bridgehead atoms. The number of hydrogen-bond acceptors (Lipinski definition) is 8. The van der Waals surface area contributed by atoms with Gasteiger partial charge in [-0.3, -0.25) is 19.5 Å². The summed E-state index contributed by atoms with van der Waals surface area (Å²) in [6.45, 7) is 6.72. The minimum absolute atomic E-state index is 0.0218. The quantitative estimate of drug-likeness (QED) is 0.183. The van der Waals surface area contributed by atoms with Crippen LogP contribution in [0.5, 0.6) is 0 Å². The summed E-state index contributed by atoms with van der Waals surface area (Å²) in [5.74, 6) is 0.349. The highest BCUT2D eigenvalue weighted by Gasteiger charge is 2.44. The summed E-state index contributed by atoms with van der Waals surface area (Å²) in [6, 6.07) is 23.0. The van der Waals surface area contributed by atoms with Crippen molar-refractivity contribution in [1.29, 1.82) is 0 Å². The molecule has 3 fully saturated rings. The van der Waals surface area contributed by atoms with Crippen molar-refractivity contribution >= 4 is 28.5 Å². The van der Waals surface area contributed by atoms with Crippen LogP contribution < -0.4 is 10.6 Å². The van der Waals surface area contributed by atoms with Gasteiger partial charge in [0.15, 0.2) is 6.29 Å². The molecule has 1 saturated carbocycles. The van der Waals surface area contributed by atoms with E-state index in [1.165, 1.54) is 25.5 Å². The number of benzene rings is 3. The van der Waals surface area contributed by atoms with E-state index < -0.39 is 6.29 Å². The number of rotatable bonds is 8. The second-order valence-electron chi connectivity index (χ2n) is 15.3. The lowest BCUT2D eigenvalue weighted by Crippen LogP contribution is -2.61. The van der Waals surface area contributed by atoms with Gasteiger partial charge < -0.3 is 25.2 Å². The fourth-order valence-electron chi connectivity index (χ4n) is 7.98. The van der Waals surface area contributed by atoms with Gasteiger partial charge in [-0.15, -0.1) is 0 Å². The van der Waals surface area contributed by atoms with Crippen LogP contribution in [0.4, 0.5) is 5.69 Å². The minimum Gasteiger partial charge on any atom is -0.392 e. The molecule has 2 aliphatic heterocycles. The maximum atomic E-state index is 13.8. The molecule has 1 aromatic heterocycles. The third kappa shape index (κ3) is 8.31. The minimum atomic E-state index is -0.656. The number of anilines is 1. The molecule has 0 spiro atoms. The molecular weight excluding hydrogens is 642 g/mol. The molecule has 7 rings (SSSR count). The Morgan fingerprint density at radius 2 is 1.61 bits per heavy atom. The Morgan fingerprint density at radius 3 is 2.35 bits per heavy atom. The van der Waals surface area contributed by atoms with E-state index in [2.05, 4.69) is 25.5 Å². The average Bonchev–Trinajstić information content (AvgIpc) is 3.14. The predicted molar refractivity (Wildman–Crippen MR) is 196 cm³/mol. The summed E-state index contributed by atoms with van der Waals surface area (Å²) in [5.41, 5.74) is 4.62. The molecule has 10 nitrogen and oxygen atoms in total. The van der Waals surface area contributed by atoms with Crippen LogP contribution in [0, 0.1) is 5.92 Å². The van der Waals surface area contributed by atoms with Crippen molar-refractivity contribution in [3.8, 4) is 0 Å². The number of nitrogens with zero attached hydrogens (tertiary/aromatic N) is 3. The van der Waals surface area contributed by atoms with Crippen LogP contribution in [-0.4, -0.2) is 62.1 Å². The first kappa shape index (κ1) is 35.2. The van der Waals surface area contributed by atoms with E-state index in [0.717, 1.165) is 41.5 Å². The van der Waals surface area contributed by atoms with E-state index in [4.69, 9.17) is 9.47 Å². The Kier molecular flexibility index (Phi) is 10.5. The number of hydrogen-bond donors (Lipinski definition) is 3. The number of fused-ring (bicyclic) bond motifs is 2. The average molecular weight is 692 g/mol. The van der Waals surface area contributed by atoms with E-state index >= 15 is 0 Å². The van der Waals surface area contributed by atoms with Crippen LogP contribution in [-0.2, 0) is 20.9 Å². The van der Waals surface area contributed by atoms with Crippen LogP contribution >= 0.6 is 0 Å². The smallest absolute Gasteiger partial charge is 0.275 e. The molecule has 10 heteroatoms. The number of carbonyl (C=O) groups excluding carboxylic acids is 2. The molecule has 3 N–H and O–H groups in total. The van der Waals surface area contributed by atoms with E-state index in [1.807, 2.05) is 93.6 Å². The first-order chi connectivity index (χ1) is 24.6. The second-order valence-corrected chi connectivity index (χ2v) is 15.3. The van der Waals surface area contributed by atoms with Crippen molar-refractivity contribution in [1.82, 2.24) is 20.2 Å². The van der Waals surface area contributed by atoms with Crippen LogP contribution in [0.25, 0.3) is 11.0 Å². The van der Waals surface area contributed by atoms with E-state index in [9.17, 15) is 14.7 Å². The van der Waals surface area contributed by atoms with Crippen LogP contribution in [0.3, 0.4) is 0 Å². The topological polar surface area (TPSA) is 126 Å². The Bertz CT molecular complexity index is 1830. The highest BCUT2D eigenvalue weighted by Crippen LogP contribution is 2.42. The van der Waals surface area contributed by atoms with Gasteiger partial charge in [-0.1, -0.05) is 61.4 Å². The number of nitrogens with one attached hydrogen (secondary N) is 2. The molecule has 51 heavy (non-hydrogen) atoms. The molecule has 6 unspecified atom stereocenters. The van der Waals surface area contributed by atoms with Gasteiger partial charge >= 0.3 is 0 Å². The molecular formula is C41H49N5O5. The van der Waals surface area contributed by atoms with Crippen molar-refractivity contribution in [3.05, 3.63) is 101 Å². The van der Waals surface area contributed by atoms with Crippen LogP contribution in [0.15, 0.2) is 79.0 Å². The van der Waals surface area contributed by atoms with Gasteiger partial charge in [0.05, 0.1) is 42.1 Å². The van der Waals surface area contributed by atoms with Crippen molar-refractivity contribution in [2.24, 2.45) is 5.92 Å². The van der Waals surface area contributed by atoms with Crippen molar-refractivity contribution in [2.45, 2.75) is 108 Å². The standard InChI is InChI=1S/C41H49N5O5/c1-41(2,3)45-39(49)36-21-18-27-8-4-7-11-35(27)46(36)24-31-22-37(28-14-12-26(25-47)13-15-28)51-40(50-31)29-16-19-30(20-17-29)43-38(48)34-23-42-32-9-5-6-10-33(32)44-34/h5-6,9-10,12-17,19-20,23,27,31,35-37,40,47H,4,7-8,11,18,21-22,24-25H2,1-3H3,(H,43,48)(H,45,49). The number of aliphatic hydroxyl groups excluding tert-OH is 1. The first-order valence-electron chi connectivity index (χ1n) is 18.3. The SMILES string of the molecule is CC(C)(C)NC(=O)C1CCC2CCCCC2N1CC1CC(c2ccc(CO)cc2)OC(c2ccc(NC(=O)c3cnc4ccccc4n3)cc2)O1. The van der Waals surface area contributed by atoms with Gasteiger partial charge in [0.25, 0.3) is 5.91 Å². The zero-order valence-corrected chi connectivity index (χ0v) is 29.8. The van der Waals surface area contributed by atoms with Gasteiger partial charge in [-0.2, -0.15) is 0 Å². The summed E-state index contributed by atoms with van der Waals surface area (Å²) < 4.78 is 13.4. The number of aromatic nitrogens is 2. The number of amides is 2. The number of para-hydroxylation sites is 2. The molecule has 2 amide bonds. The zero-order valence-electron chi connectivity index (χ0n) is 29.8. The highest BCUT2D eigenvalue weighted by molar-refractivity contribution is 6.03. The molecule has 3 aromatic carbocycles. The third-order valence-electron chi connectivity index (χ3n) is 10.5. The predicted octanol–water partition coefficient (Wildman–Crippen LogP) is 6.86. The lowest BCUT2D eigenvalue weighted by molar-refractivity contribution is -0.255. The van der Waals surface area contributed by atoms with Gasteiger partial charge in [-0.25, -0.2) is 4.98 Å². The Hall–Kier alpha value is -4.22. The lowest BCUT2D eigenvalue weighted by Gasteiger charge is -2.50. The first-order valence-corrected chi connectivity index (χ1v) is 18.3. The molecule has 6 atom stereocenters.